The van der Waals surface area contributed by atoms with Crippen molar-refractivity contribution in [1.29, 1.82) is 0 Å². The largest absolute Gasteiger partial charge is 0.326 e. The van der Waals surface area contributed by atoms with Gasteiger partial charge in [0.15, 0.2) is 9.84 Å². The molecule has 106 valence electrons. The van der Waals surface area contributed by atoms with E-state index in [4.69, 9.17) is 17.3 Å². The zero-order chi connectivity index (χ0) is 14.8. The molecule has 0 aliphatic carbocycles. The lowest BCUT2D eigenvalue weighted by Crippen LogP contribution is -2.07. The number of halogens is 1. The second-order valence-electron chi connectivity index (χ2n) is 4.65. The number of sulfone groups is 1. The maximum Gasteiger partial charge on any atom is 0.182 e. The van der Waals surface area contributed by atoms with Gasteiger partial charge in [-0.1, -0.05) is 41.9 Å². The summed E-state index contributed by atoms with van der Waals surface area (Å²) in [6.45, 7) is 2.16. The van der Waals surface area contributed by atoms with Gasteiger partial charge in [-0.25, -0.2) is 8.42 Å². The Balaban J connectivity index is 2.36. The van der Waals surface area contributed by atoms with Gasteiger partial charge in [-0.15, -0.1) is 0 Å². The molecule has 0 amide bonds. The van der Waals surface area contributed by atoms with Gasteiger partial charge in [-0.3, -0.25) is 0 Å². The molecule has 0 fully saturated rings. The summed E-state index contributed by atoms with van der Waals surface area (Å²) < 4.78 is 24.9. The fourth-order valence-electron chi connectivity index (χ4n) is 2.02. The zero-order valence-electron chi connectivity index (χ0n) is 11.1. The summed E-state index contributed by atoms with van der Waals surface area (Å²) in [7, 11) is -3.40. The SMILES string of the molecule is Cc1ccccc1S(=O)(=O)Cc1ccc(CN)cc1Cl. The van der Waals surface area contributed by atoms with Crippen LogP contribution in [0, 0.1) is 6.92 Å². The number of aryl methyl sites for hydroxylation is 1. The van der Waals surface area contributed by atoms with E-state index in [1.54, 1.807) is 43.3 Å². The highest BCUT2D eigenvalue weighted by Gasteiger charge is 2.18. The highest BCUT2D eigenvalue weighted by atomic mass is 35.5. The van der Waals surface area contributed by atoms with Gasteiger partial charge in [0.2, 0.25) is 0 Å². The third-order valence-electron chi connectivity index (χ3n) is 3.13. The second-order valence-corrected chi connectivity index (χ2v) is 7.02. The van der Waals surface area contributed by atoms with Crippen LogP contribution in [0.5, 0.6) is 0 Å². The van der Waals surface area contributed by atoms with Gasteiger partial charge < -0.3 is 5.73 Å². The van der Waals surface area contributed by atoms with Crippen molar-refractivity contribution in [2.24, 2.45) is 5.73 Å². The topological polar surface area (TPSA) is 60.2 Å². The lowest BCUT2D eigenvalue weighted by Gasteiger charge is -2.09. The number of benzene rings is 2. The number of nitrogens with two attached hydrogens (primary N) is 1. The minimum Gasteiger partial charge on any atom is -0.326 e. The molecule has 0 radical (unpaired) electrons. The molecule has 2 aromatic carbocycles. The number of rotatable bonds is 4. The Bertz CT molecular complexity index is 726. The molecule has 0 atom stereocenters. The average molecular weight is 310 g/mol. The molecule has 0 saturated carbocycles. The normalized spacial score (nSPS) is 11.6. The van der Waals surface area contributed by atoms with E-state index in [-0.39, 0.29) is 5.75 Å². The van der Waals surface area contributed by atoms with Crippen molar-refractivity contribution in [1.82, 2.24) is 0 Å². The van der Waals surface area contributed by atoms with Crippen LogP contribution in [0.15, 0.2) is 47.4 Å². The monoisotopic (exact) mass is 309 g/mol. The van der Waals surface area contributed by atoms with Crippen LogP contribution >= 0.6 is 11.6 Å². The van der Waals surface area contributed by atoms with Crippen molar-refractivity contribution in [2.75, 3.05) is 0 Å². The second kappa shape index (κ2) is 5.95. The van der Waals surface area contributed by atoms with Crippen molar-refractivity contribution in [3.8, 4) is 0 Å². The Hall–Kier alpha value is -1.36. The van der Waals surface area contributed by atoms with Crippen LogP contribution in [0.2, 0.25) is 5.02 Å². The summed E-state index contributed by atoms with van der Waals surface area (Å²) in [6, 6.07) is 12.2. The van der Waals surface area contributed by atoms with Gasteiger partial charge in [0.1, 0.15) is 0 Å². The van der Waals surface area contributed by atoms with Crippen molar-refractivity contribution in [3.63, 3.8) is 0 Å². The first-order chi connectivity index (χ1) is 9.44. The third kappa shape index (κ3) is 3.20. The fourth-order valence-corrected chi connectivity index (χ4v) is 4.03. The maximum atomic E-state index is 12.4. The van der Waals surface area contributed by atoms with Crippen LogP contribution in [0.25, 0.3) is 0 Å². The molecule has 2 aromatic rings. The van der Waals surface area contributed by atoms with E-state index in [0.717, 1.165) is 11.1 Å². The molecule has 0 heterocycles. The molecule has 20 heavy (non-hydrogen) atoms. The van der Waals surface area contributed by atoms with Crippen LogP contribution in [0.1, 0.15) is 16.7 Å². The quantitative estimate of drug-likeness (QED) is 0.944. The first-order valence-corrected chi connectivity index (χ1v) is 8.23. The molecule has 0 aromatic heterocycles. The summed E-state index contributed by atoms with van der Waals surface area (Å²) in [4.78, 5) is 0.346. The predicted molar refractivity (Wildman–Crippen MR) is 81.4 cm³/mol. The van der Waals surface area contributed by atoms with E-state index >= 15 is 0 Å². The Morgan fingerprint density at radius 3 is 2.45 bits per heavy atom. The molecule has 2 rings (SSSR count). The van der Waals surface area contributed by atoms with Crippen LogP contribution in [-0.2, 0) is 22.1 Å². The van der Waals surface area contributed by atoms with E-state index in [2.05, 4.69) is 0 Å². The van der Waals surface area contributed by atoms with Crippen LogP contribution in [0.3, 0.4) is 0 Å². The Kier molecular flexibility index (Phi) is 4.48. The molecule has 5 heteroatoms. The summed E-state index contributed by atoms with van der Waals surface area (Å²) in [5.41, 5.74) is 7.74. The third-order valence-corrected chi connectivity index (χ3v) is 5.30. The molecule has 0 aliphatic rings. The molecule has 2 N–H and O–H groups in total. The summed E-state index contributed by atoms with van der Waals surface area (Å²) in [6.07, 6.45) is 0. The molecular formula is C15H16ClNO2S. The van der Waals surface area contributed by atoms with Crippen molar-refractivity contribution in [2.45, 2.75) is 24.1 Å². The van der Waals surface area contributed by atoms with Crippen LogP contribution in [-0.4, -0.2) is 8.42 Å². The maximum absolute atomic E-state index is 12.4. The average Bonchev–Trinajstić information content (AvgIpc) is 2.41. The summed E-state index contributed by atoms with van der Waals surface area (Å²) in [5, 5.41) is 0.435. The zero-order valence-corrected chi connectivity index (χ0v) is 12.7. The Morgan fingerprint density at radius 1 is 1.15 bits per heavy atom. The van der Waals surface area contributed by atoms with Gasteiger partial charge in [-0.05, 0) is 35.7 Å². The van der Waals surface area contributed by atoms with Gasteiger partial charge in [0.25, 0.3) is 0 Å². The van der Waals surface area contributed by atoms with Gasteiger partial charge >= 0.3 is 0 Å². The first-order valence-electron chi connectivity index (χ1n) is 6.20. The predicted octanol–water partition coefficient (Wildman–Crippen LogP) is 3.08. The summed E-state index contributed by atoms with van der Waals surface area (Å²) >= 11 is 6.12. The van der Waals surface area contributed by atoms with Crippen molar-refractivity contribution in [3.05, 3.63) is 64.2 Å². The van der Waals surface area contributed by atoms with E-state index in [0.29, 0.717) is 22.0 Å². The Morgan fingerprint density at radius 2 is 1.85 bits per heavy atom. The minimum absolute atomic E-state index is 0.110. The van der Waals surface area contributed by atoms with E-state index in [1.165, 1.54) is 0 Å². The van der Waals surface area contributed by atoms with Gasteiger partial charge in [-0.2, -0.15) is 0 Å². The number of hydrogen-bond donors (Lipinski definition) is 1. The van der Waals surface area contributed by atoms with Gasteiger partial charge in [0, 0.05) is 11.6 Å². The summed E-state index contributed by atoms with van der Waals surface area (Å²) in [5.74, 6) is -0.110. The standard InChI is InChI=1S/C15H16ClNO2S/c1-11-4-2-3-5-15(11)20(18,19)10-13-7-6-12(9-17)8-14(13)16/h2-8H,9-10,17H2,1H3. The smallest absolute Gasteiger partial charge is 0.182 e. The number of hydrogen-bond acceptors (Lipinski definition) is 3. The molecule has 0 spiro atoms. The molecule has 0 saturated heterocycles. The van der Waals surface area contributed by atoms with Crippen molar-refractivity contribution < 1.29 is 8.42 Å². The fraction of sp³-hybridized carbons (Fsp3) is 0.200. The van der Waals surface area contributed by atoms with Crippen LogP contribution < -0.4 is 5.73 Å². The minimum atomic E-state index is -3.40. The lowest BCUT2D eigenvalue weighted by atomic mass is 10.1. The molecule has 0 bridgehead atoms. The van der Waals surface area contributed by atoms with E-state index in [1.807, 2.05) is 6.07 Å². The first kappa shape index (κ1) is 15.0. The lowest BCUT2D eigenvalue weighted by molar-refractivity contribution is 0.594. The van der Waals surface area contributed by atoms with Crippen LogP contribution in [0.4, 0.5) is 0 Å². The molecule has 0 unspecified atom stereocenters. The van der Waals surface area contributed by atoms with E-state index in [9.17, 15) is 8.42 Å². The van der Waals surface area contributed by atoms with E-state index < -0.39 is 9.84 Å². The molecular weight excluding hydrogens is 294 g/mol. The molecule has 0 aliphatic heterocycles. The highest BCUT2D eigenvalue weighted by molar-refractivity contribution is 7.90. The van der Waals surface area contributed by atoms with Crippen molar-refractivity contribution >= 4 is 21.4 Å². The van der Waals surface area contributed by atoms with Gasteiger partial charge in [0.05, 0.1) is 10.6 Å². The Labute approximate surface area is 124 Å². The highest BCUT2D eigenvalue weighted by Crippen LogP contribution is 2.25. The molecule has 3 nitrogen and oxygen atoms in total.